The minimum Gasteiger partial charge on any atom is -0.465 e. The molecule has 1 aromatic heterocycles. The lowest BCUT2D eigenvalue weighted by molar-refractivity contribution is -0.114. The van der Waals surface area contributed by atoms with Gasteiger partial charge in [0.25, 0.3) is 10.0 Å². The number of rotatable bonds is 7. The fourth-order valence-electron chi connectivity index (χ4n) is 4.02. The lowest BCUT2D eigenvalue weighted by Crippen LogP contribution is -2.38. The monoisotopic (exact) mass is 498 g/mol. The topological polar surface area (TPSA) is 92.8 Å². The largest absolute Gasteiger partial charge is 0.465 e. The molecule has 0 unspecified atom stereocenters. The summed E-state index contributed by atoms with van der Waals surface area (Å²) in [7, 11) is -2.71. The maximum Gasteiger partial charge on any atom is 0.341 e. The zero-order chi connectivity index (χ0) is 24.5. The van der Waals surface area contributed by atoms with E-state index < -0.39 is 28.4 Å². The van der Waals surface area contributed by atoms with Crippen LogP contribution in [0.15, 0.2) is 53.4 Å². The summed E-state index contributed by atoms with van der Waals surface area (Å²) in [6.07, 6.45) is 2.55. The molecule has 7 nitrogen and oxygen atoms in total. The molecular formula is C25H26N2O5S2. The standard InChI is InChI=1S/C25H26N2O5S2/c1-16-12-13-18(14-17(16)2)27(34(30,31)19-8-5-4-6-9-19)15-22(28)26-24-23(25(29)32-3)20-10-7-11-21(20)33-24/h4-6,8-9,12-14H,7,10-11,15H2,1-3H3,(H,26,28). The van der Waals surface area contributed by atoms with Crippen LogP contribution in [-0.4, -0.2) is 33.9 Å². The smallest absolute Gasteiger partial charge is 0.341 e. The Balaban J connectivity index is 1.68. The van der Waals surface area contributed by atoms with Crippen LogP contribution in [0.2, 0.25) is 0 Å². The van der Waals surface area contributed by atoms with Gasteiger partial charge in [0, 0.05) is 4.88 Å². The molecule has 178 valence electrons. The number of ether oxygens (including phenoxy) is 1. The Labute approximate surface area is 203 Å². The minimum atomic E-state index is -4.01. The highest BCUT2D eigenvalue weighted by Crippen LogP contribution is 2.39. The maximum absolute atomic E-state index is 13.5. The summed E-state index contributed by atoms with van der Waals surface area (Å²) in [6.45, 7) is 3.39. The van der Waals surface area contributed by atoms with Crippen molar-refractivity contribution >= 4 is 43.9 Å². The van der Waals surface area contributed by atoms with Gasteiger partial charge < -0.3 is 10.1 Å². The highest BCUT2D eigenvalue weighted by molar-refractivity contribution is 7.92. The summed E-state index contributed by atoms with van der Waals surface area (Å²) >= 11 is 1.35. The first kappa shape index (κ1) is 24.0. The summed E-state index contributed by atoms with van der Waals surface area (Å²) in [5.41, 5.74) is 3.60. The molecule has 9 heteroatoms. The van der Waals surface area contributed by atoms with Crippen molar-refractivity contribution in [1.29, 1.82) is 0 Å². The van der Waals surface area contributed by atoms with Crippen molar-refractivity contribution in [2.75, 3.05) is 23.3 Å². The Hall–Kier alpha value is -3.17. The van der Waals surface area contributed by atoms with Gasteiger partial charge in [0.05, 0.1) is 23.3 Å². The summed E-state index contributed by atoms with van der Waals surface area (Å²) in [4.78, 5) is 26.7. The number of nitrogens with zero attached hydrogens (tertiary/aromatic N) is 1. The van der Waals surface area contributed by atoms with E-state index in [-0.39, 0.29) is 4.90 Å². The number of benzene rings is 2. The van der Waals surface area contributed by atoms with Gasteiger partial charge >= 0.3 is 5.97 Å². The lowest BCUT2D eigenvalue weighted by Gasteiger charge is -2.24. The Morgan fingerprint density at radius 3 is 2.47 bits per heavy atom. The molecule has 0 radical (unpaired) electrons. The quantitative estimate of drug-likeness (QED) is 0.485. The molecule has 1 aliphatic carbocycles. The molecule has 1 heterocycles. The van der Waals surface area contributed by atoms with Crippen LogP contribution in [0.4, 0.5) is 10.7 Å². The van der Waals surface area contributed by atoms with Crippen molar-refractivity contribution in [2.45, 2.75) is 38.0 Å². The number of sulfonamides is 1. The first-order chi connectivity index (χ1) is 16.2. The molecule has 0 spiro atoms. The number of aryl methyl sites for hydroxylation is 3. The van der Waals surface area contributed by atoms with E-state index in [4.69, 9.17) is 4.74 Å². The van der Waals surface area contributed by atoms with Crippen molar-refractivity contribution in [3.63, 3.8) is 0 Å². The van der Waals surface area contributed by atoms with Gasteiger partial charge in [0.1, 0.15) is 11.5 Å². The highest BCUT2D eigenvalue weighted by atomic mass is 32.2. The minimum absolute atomic E-state index is 0.0892. The number of hydrogen-bond acceptors (Lipinski definition) is 6. The zero-order valence-corrected chi connectivity index (χ0v) is 20.9. The summed E-state index contributed by atoms with van der Waals surface area (Å²) in [5, 5.41) is 3.18. The third kappa shape index (κ3) is 4.58. The van der Waals surface area contributed by atoms with E-state index in [1.54, 1.807) is 30.3 Å². The Morgan fingerprint density at radius 2 is 1.79 bits per heavy atom. The number of amides is 1. The number of nitrogens with one attached hydrogen (secondary N) is 1. The van der Waals surface area contributed by atoms with Crippen molar-refractivity contribution < 1.29 is 22.7 Å². The molecule has 0 aliphatic heterocycles. The molecule has 1 aliphatic rings. The van der Waals surface area contributed by atoms with Crippen LogP contribution >= 0.6 is 11.3 Å². The Morgan fingerprint density at radius 1 is 1.06 bits per heavy atom. The summed E-state index contributed by atoms with van der Waals surface area (Å²) < 4.78 is 33.1. The van der Waals surface area contributed by atoms with E-state index in [2.05, 4.69) is 5.32 Å². The van der Waals surface area contributed by atoms with Gasteiger partial charge in [-0.3, -0.25) is 9.10 Å². The number of anilines is 2. The van der Waals surface area contributed by atoms with Crippen molar-refractivity contribution in [1.82, 2.24) is 0 Å². The van der Waals surface area contributed by atoms with Gasteiger partial charge in [0.15, 0.2) is 0 Å². The maximum atomic E-state index is 13.5. The van der Waals surface area contributed by atoms with Crippen LogP contribution in [-0.2, 0) is 32.4 Å². The first-order valence-corrected chi connectivity index (χ1v) is 13.2. The number of esters is 1. The highest BCUT2D eigenvalue weighted by Gasteiger charge is 2.31. The Bertz CT molecular complexity index is 1350. The van der Waals surface area contributed by atoms with Gasteiger partial charge in [-0.25, -0.2) is 13.2 Å². The average molecular weight is 499 g/mol. The molecule has 4 rings (SSSR count). The summed E-state index contributed by atoms with van der Waals surface area (Å²) in [5.74, 6) is -1.04. The van der Waals surface area contributed by atoms with Crippen molar-refractivity contribution in [3.05, 3.63) is 75.7 Å². The van der Waals surface area contributed by atoms with E-state index >= 15 is 0 Å². The lowest BCUT2D eigenvalue weighted by atomic mass is 10.1. The van der Waals surface area contributed by atoms with Gasteiger partial charge in [-0.15, -0.1) is 11.3 Å². The molecular weight excluding hydrogens is 472 g/mol. The number of carbonyl (C=O) groups is 2. The van der Waals surface area contributed by atoms with E-state index in [9.17, 15) is 18.0 Å². The third-order valence-corrected chi connectivity index (χ3v) is 8.96. The van der Waals surface area contributed by atoms with E-state index in [0.717, 1.165) is 45.1 Å². The second-order valence-electron chi connectivity index (χ2n) is 8.19. The van der Waals surface area contributed by atoms with Crippen LogP contribution in [0.25, 0.3) is 0 Å². The van der Waals surface area contributed by atoms with Crippen LogP contribution in [0, 0.1) is 13.8 Å². The Kier molecular flexibility index (Phi) is 6.77. The fraction of sp³-hybridized carbons (Fsp3) is 0.280. The predicted octanol–water partition coefficient (Wildman–Crippen LogP) is 4.47. The van der Waals surface area contributed by atoms with Gasteiger partial charge in [-0.05, 0) is 74.1 Å². The molecule has 0 atom stereocenters. The number of fused-ring (bicyclic) bond motifs is 1. The zero-order valence-electron chi connectivity index (χ0n) is 19.3. The van der Waals surface area contributed by atoms with E-state index in [1.807, 2.05) is 19.9 Å². The van der Waals surface area contributed by atoms with E-state index in [1.165, 1.54) is 30.6 Å². The predicted molar refractivity (Wildman–Crippen MR) is 133 cm³/mol. The fourth-order valence-corrected chi connectivity index (χ4v) is 6.75. The molecule has 2 aromatic carbocycles. The summed E-state index contributed by atoms with van der Waals surface area (Å²) in [6, 6.07) is 13.3. The molecule has 3 aromatic rings. The van der Waals surface area contributed by atoms with Crippen LogP contribution < -0.4 is 9.62 Å². The SMILES string of the molecule is COC(=O)c1c(NC(=O)CN(c2ccc(C)c(C)c2)S(=O)(=O)c2ccccc2)sc2c1CCC2. The molecule has 0 saturated heterocycles. The molecule has 0 fully saturated rings. The van der Waals surface area contributed by atoms with Crippen molar-refractivity contribution in [2.24, 2.45) is 0 Å². The number of thiophene rings is 1. The molecule has 0 saturated carbocycles. The number of carbonyl (C=O) groups excluding carboxylic acids is 2. The third-order valence-electron chi connectivity index (χ3n) is 5.96. The second-order valence-corrected chi connectivity index (χ2v) is 11.2. The van der Waals surface area contributed by atoms with Crippen LogP contribution in [0.3, 0.4) is 0 Å². The second kappa shape index (κ2) is 9.60. The van der Waals surface area contributed by atoms with Crippen LogP contribution in [0.1, 0.15) is 38.3 Å². The average Bonchev–Trinajstić information content (AvgIpc) is 3.40. The van der Waals surface area contributed by atoms with Crippen LogP contribution in [0.5, 0.6) is 0 Å². The molecule has 1 amide bonds. The van der Waals surface area contributed by atoms with Crippen molar-refractivity contribution in [3.8, 4) is 0 Å². The van der Waals surface area contributed by atoms with Gasteiger partial charge in [-0.2, -0.15) is 0 Å². The van der Waals surface area contributed by atoms with Gasteiger partial charge in [0.2, 0.25) is 5.91 Å². The van der Waals surface area contributed by atoms with E-state index in [0.29, 0.717) is 16.3 Å². The number of hydrogen-bond donors (Lipinski definition) is 1. The molecule has 0 bridgehead atoms. The normalized spacial score (nSPS) is 12.8. The number of methoxy groups -OCH3 is 1. The molecule has 34 heavy (non-hydrogen) atoms. The molecule has 1 N–H and O–H groups in total. The van der Waals surface area contributed by atoms with Gasteiger partial charge in [-0.1, -0.05) is 24.3 Å². The first-order valence-electron chi connectivity index (χ1n) is 10.9.